The average Bonchev–Trinajstić information content (AvgIpc) is 3.69. The zero-order chi connectivity index (χ0) is 27.8. The van der Waals surface area contributed by atoms with E-state index in [0.29, 0.717) is 30.3 Å². The lowest BCUT2D eigenvalue weighted by Gasteiger charge is -2.16. The smallest absolute Gasteiger partial charge is 0.237 e. The van der Waals surface area contributed by atoms with Crippen molar-refractivity contribution in [2.75, 3.05) is 11.4 Å². The zero-order valence-corrected chi connectivity index (χ0v) is 22.9. The summed E-state index contributed by atoms with van der Waals surface area (Å²) in [7, 11) is 0. The van der Waals surface area contributed by atoms with Crippen LogP contribution in [0.3, 0.4) is 0 Å². The van der Waals surface area contributed by atoms with Gasteiger partial charge in [-0.1, -0.05) is 24.3 Å². The maximum atomic E-state index is 15.1. The number of ether oxygens (including phenoxy) is 1. The van der Waals surface area contributed by atoms with Gasteiger partial charge in [0.25, 0.3) is 0 Å². The molecule has 9 heteroatoms. The van der Waals surface area contributed by atoms with Crippen LogP contribution in [0, 0.1) is 11.7 Å². The van der Waals surface area contributed by atoms with Crippen LogP contribution in [-0.2, 0) is 16.0 Å². The van der Waals surface area contributed by atoms with Crippen molar-refractivity contribution in [3.05, 3.63) is 90.8 Å². The van der Waals surface area contributed by atoms with E-state index < -0.39 is 11.7 Å². The molecule has 0 bridgehead atoms. The Morgan fingerprint density at radius 3 is 2.67 bits per heavy atom. The summed E-state index contributed by atoms with van der Waals surface area (Å²) < 4.78 is 23.9. The summed E-state index contributed by atoms with van der Waals surface area (Å²) in [4.78, 5) is 37.4. The van der Waals surface area contributed by atoms with Crippen molar-refractivity contribution in [2.24, 2.45) is 5.92 Å². The molecule has 1 aliphatic rings. The van der Waals surface area contributed by atoms with Crippen molar-refractivity contribution >= 4 is 38.9 Å². The molecule has 0 aliphatic carbocycles. The Kier molecular flexibility index (Phi) is 6.89. The van der Waals surface area contributed by atoms with Gasteiger partial charge < -0.3 is 14.2 Å². The zero-order valence-electron chi connectivity index (χ0n) is 22.1. The largest absolute Gasteiger partial charge is 0.453 e. The molecule has 6 rings (SSSR count). The van der Waals surface area contributed by atoms with E-state index in [9.17, 15) is 9.59 Å². The van der Waals surface area contributed by atoms with Crippen LogP contribution in [0.5, 0.6) is 11.5 Å². The summed E-state index contributed by atoms with van der Waals surface area (Å²) >= 11 is 1.49. The van der Waals surface area contributed by atoms with Gasteiger partial charge in [0.1, 0.15) is 11.5 Å². The van der Waals surface area contributed by atoms with E-state index >= 15 is 4.39 Å². The number of pyridine rings is 1. The number of thiophene rings is 1. The third-order valence-corrected chi connectivity index (χ3v) is 8.24. The third kappa shape index (κ3) is 5.00. The number of Topliss-reactive ketones (excluding diaryl/α,β-unsaturated/α-hetero) is 1. The first kappa shape index (κ1) is 25.9. The molecule has 2 aromatic carbocycles. The van der Waals surface area contributed by atoms with Gasteiger partial charge in [0, 0.05) is 43.2 Å². The van der Waals surface area contributed by atoms with E-state index in [1.807, 2.05) is 47.2 Å². The standard InChI is InChI=1S/C31H27FN4O3S/c1-19(2)35-17-25(34-18-35)29-16-24-30(40-29)28(10-12-33-24)39-27-9-8-20(14-23(27)32)15-26(37)22-11-13-36(31(22)38)21-6-4-3-5-7-21/h3-10,12,14,16-19,22H,11,13,15H2,1-2H3. The fourth-order valence-corrected chi connectivity index (χ4v) is 5.92. The number of imidazole rings is 1. The molecule has 4 heterocycles. The van der Waals surface area contributed by atoms with Gasteiger partial charge in [0.05, 0.1) is 33.0 Å². The van der Waals surface area contributed by atoms with Crippen LogP contribution in [0.1, 0.15) is 31.9 Å². The molecule has 0 radical (unpaired) electrons. The lowest BCUT2D eigenvalue weighted by Crippen LogP contribution is -2.30. The van der Waals surface area contributed by atoms with Crippen LogP contribution in [0.15, 0.2) is 79.4 Å². The minimum atomic E-state index is -0.718. The Morgan fingerprint density at radius 2 is 1.93 bits per heavy atom. The molecule has 202 valence electrons. The molecule has 1 fully saturated rings. The molecule has 0 spiro atoms. The van der Waals surface area contributed by atoms with Gasteiger partial charge >= 0.3 is 0 Å². The van der Waals surface area contributed by atoms with E-state index in [2.05, 4.69) is 23.8 Å². The molecule has 1 unspecified atom stereocenters. The molecule has 0 N–H and O–H groups in total. The number of hydrogen-bond acceptors (Lipinski definition) is 6. The number of aromatic nitrogens is 3. The summed E-state index contributed by atoms with van der Waals surface area (Å²) in [6, 6.07) is 17.8. The van der Waals surface area contributed by atoms with E-state index in [4.69, 9.17) is 4.74 Å². The second-order valence-electron chi connectivity index (χ2n) is 10.1. The highest BCUT2D eigenvalue weighted by Crippen LogP contribution is 2.39. The molecule has 3 aromatic heterocycles. The molecule has 0 saturated carbocycles. The van der Waals surface area contributed by atoms with Crippen LogP contribution >= 0.6 is 11.3 Å². The number of amides is 1. The highest BCUT2D eigenvalue weighted by molar-refractivity contribution is 7.22. The molecular formula is C31H27FN4O3S. The highest BCUT2D eigenvalue weighted by atomic mass is 32.1. The topological polar surface area (TPSA) is 77.3 Å². The predicted octanol–water partition coefficient (Wildman–Crippen LogP) is 6.84. The van der Waals surface area contributed by atoms with Crippen LogP contribution in [0.2, 0.25) is 0 Å². The quantitative estimate of drug-likeness (QED) is 0.196. The fourth-order valence-electron chi connectivity index (χ4n) is 4.89. The maximum absolute atomic E-state index is 15.1. The van der Waals surface area contributed by atoms with Crippen molar-refractivity contribution in [2.45, 2.75) is 32.7 Å². The Morgan fingerprint density at radius 1 is 1.10 bits per heavy atom. The monoisotopic (exact) mass is 554 g/mol. The SMILES string of the molecule is CC(C)n1cnc(-c2cc3nccc(Oc4ccc(CC(=O)C5CCN(c6ccccc6)C5=O)cc4F)c3s2)c1. The van der Waals surface area contributed by atoms with Gasteiger partial charge in [-0.2, -0.15) is 0 Å². The summed E-state index contributed by atoms with van der Waals surface area (Å²) in [6.07, 6.45) is 5.86. The highest BCUT2D eigenvalue weighted by Gasteiger charge is 2.37. The number of hydrogen-bond donors (Lipinski definition) is 0. The number of anilines is 1. The number of rotatable bonds is 8. The molecule has 1 amide bonds. The van der Waals surface area contributed by atoms with Crippen LogP contribution in [0.25, 0.3) is 20.8 Å². The maximum Gasteiger partial charge on any atom is 0.237 e. The average molecular weight is 555 g/mol. The minimum absolute atomic E-state index is 0.0208. The number of carbonyl (C=O) groups excluding carboxylic acids is 2. The van der Waals surface area contributed by atoms with Crippen molar-refractivity contribution in [1.82, 2.24) is 14.5 Å². The number of fused-ring (bicyclic) bond motifs is 1. The molecule has 1 atom stereocenters. The number of para-hydroxylation sites is 1. The van der Waals surface area contributed by atoms with Crippen LogP contribution in [-0.4, -0.2) is 32.8 Å². The summed E-state index contributed by atoms with van der Waals surface area (Å²) in [5.41, 5.74) is 2.86. The van der Waals surface area contributed by atoms with Crippen molar-refractivity contribution in [3.63, 3.8) is 0 Å². The number of benzene rings is 2. The van der Waals surface area contributed by atoms with Gasteiger partial charge in [0.2, 0.25) is 5.91 Å². The van der Waals surface area contributed by atoms with E-state index in [-0.39, 0.29) is 23.9 Å². The number of ketones is 1. The Hall–Kier alpha value is -4.37. The molecule has 5 aromatic rings. The molecule has 7 nitrogen and oxygen atoms in total. The van der Waals surface area contributed by atoms with Gasteiger partial charge in [-0.15, -0.1) is 11.3 Å². The van der Waals surface area contributed by atoms with Gasteiger partial charge in [-0.05, 0) is 56.2 Å². The Bertz CT molecular complexity index is 1710. The lowest BCUT2D eigenvalue weighted by atomic mass is 9.96. The fraction of sp³-hybridized carbons (Fsp3) is 0.226. The van der Waals surface area contributed by atoms with E-state index in [1.165, 1.54) is 23.5 Å². The number of nitrogens with zero attached hydrogens (tertiary/aromatic N) is 4. The number of halogens is 1. The van der Waals surface area contributed by atoms with Crippen molar-refractivity contribution in [1.29, 1.82) is 0 Å². The summed E-state index contributed by atoms with van der Waals surface area (Å²) in [5, 5.41) is 0. The van der Waals surface area contributed by atoms with Gasteiger partial charge in [-0.3, -0.25) is 14.6 Å². The molecule has 1 saturated heterocycles. The van der Waals surface area contributed by atoms with E-state index in [0.717, 1.165) is 26.5 Å². The van der Waals surface area contributed by atoms with Crippen LogP contribution < -0.4 is 9.64 Å². The normalized spacial score (nSPS) is 15.3. The lowest BCUT2D eigenvalue weighted by molar-refractivity contribution is -0.130. The van der Waals surface area contributed by atoms with Gasteiger partial charge in [-0.25, -0.2) is 9.37 Å². The predicted molar refractivity (Wildman–Crippen MR) is 153 cm³/mol. The van der Waals surface area contributed by atoms with E-state index in [1.54, 1.807) is 29.6 Å². The van der Waals surface area contributed by atoms with Crippen LogP contribution in [0.4, 0.5) is 10.1 Å². The number of carbonyl (C=O) groups is 2. The second kappa shape index (κ2) is 10.7. The summed E-state index contributed by atoms with van der Waals surface area (Å²) in [5.74, 6) is -1.17. The molecular weight excluding hydrogens is 527 g/mol. The first-order chi connectivity index (χ1) is 19.4. The molecule has 1 aliphatic heterocycles. The molecule has 40 heavy (non-hydrogen) atoms. The minimum Gasteiger partial charge on any atom is -0.453 e. The first-order valence-corrected chi connectivity index (χ1v) is 14.0. The van der Waals surface area contributed by atoms with Crippen molar-refractivity contribution in [3.8, 4) is 22.1 Å². The van der Waals surface area contributed by atoms with Gasteiger partial charge in [0.15, 0.2) is 11.6 Å². The third-order valence-electron chi connectivity index (χ3n) is 7.08. The van der Waals surface area contributed by atoms with Crippen molar-refractivity contribution < 1.29 is 18.7 Å². The second-order valence-corrected chi connectivity index (χ2v) is 11.2. The Labute approximate surface area is 234 Å². The Balaban J connectivity index is 1.16. The first-order valence-electron chi connectivity index (χ1n) is 13.1. The summed E-state index contributed by atoms with van der Waals surface area (Å²) in [6.45, 7) is 4.67.